The number of hydrogen-bond donors (Lipinski definition) is 1. The molecule has 0 saturated carbocycles. The number of benzene rings is 2. The van der Waals surface area contributed by atoms with E-state index < -0.39 is 5.97 Å². The van der Waals surface area contributed by atoms with Crippen LogP contribution in [0.1, 0.15) is 33.7 Å². The molecule has 2 aromatic carbocycles. The van der Waals surface area contributed by atoms with Crippen molar-refractivity contribution in [2.45, 2.75) is 19.9 Å². The predicted octanol–water partition coefficient (Wildman–Crippen LogP) is 3.35. The van der Waals surface area contributed by atoms with Gasteiger partial charge in [0.2, 0.25) is 0 Å². The normalized spacial score (nSPS) is 14.8. The zero-order valence-corrected chi connectivity index (χ0v) is 13.7. The van der Waals surface area contributed by atoms with E-state index in [1.165, 1.54) is 12.1 Å². The monoisotopic (exact) mass is 332 g/mol. The maximum atomic E-state index is 12.7. The smallest absolute Gasteiger partial charge is 0.335 e. The fourth-order valence-corrected chi connectivity index (χ4v) is 3.22. The van der Waals surface area contributed by atoms with Crippen molar-refractivity contribution in [2.24, 2.45) is 0 Å². The number of rotatable bonds is 2. The van der Waals surface area contributed by atoms with Crippen molar-refractivity contribution in [2.75, 3.05) is 0 Å². The summed E-state index contributed by atoms with van der Waals surface area (Å²) in [6, 6.07) is 12.5. The van der Waals surface area contributed by atoms with Crippen LogP contribution in [0.15, 0.2) is 47.3 Å². The number of nitrogens with zero attached hydrogens (tertiary/aromatic N) is 2. The largest absolute Gasteiger partial charge is 0.478 e. The minimum atomic E-state index is -1.03. The number of carboxylic acid groups (broad SMARTS) is 1. The van der Waals surface area contributed by atoms with Gasteiger partial charge in [0.25, 0.3) is 5.56 Å². The Labute approximate surface area is 143 Å². The van der Waals surface area contributed by atoms with E-state index in [1.54, 1.807) is 10.6 Å². The maximum absolute atomic E-state index is 12.7. The van der Waals surface area contributed by atoms with Gasteiger partial charge < -0.3 is 5.11 Å². The van der Waals surface area contributed by atoms with E-state index in [2.05, 4.69) is 11.1 Å². The lowest BCUT2D eigenvalue weighted by Crippen LogP contribution is -2.21. The number of carbonyl (C=O) groups is 1. The second kappa shape index (κ2) is 5.70. The lowest BCUT2D eigenvalue weighted by molar-refractivity contribution is 0.0697. The van der Waals surface area contributed by atoms with Gasteiger partial charge in [-0.15, -0.1) is 0 Å². The van der Waals surface area contributed by atoms with Crippen LogP contribution < -0.4 is 5.56 Å². The first-order chi connectivity index (χ1) is 12.0. The first-order valence-electron chi connectivity index (χ1n) is 8.09. The van der Waals surface area contributed by atoms with Crippen LogP contribution in [0, 0.1) is 6.92 Å². The summed E-state index contributed by atoms with van der Waals surface area (Å²) in [7, 11) is 0. The highest BCUT2D eigenvalue weighted by atomic mass is 16.4. The Balaban J connectivity index is 1.92. The molecule has 0 radical (unpaired) electrons. The van der Waals surface area contributed by atoms with Crippen molar-refractivity contribution < 1.29 is 9.90 Å². The molecule has 1 N–H and O–H groups in total. The number of carboxylic acids is 1. The summed E-state index contributed by atoms with van der Waals surface area (Å²) < 4.78 is 1.67. The quantitative estimate of drug-likeness (QED) is 0.781. The number of hydrogen-bond acceptors (Lipinski definition) is 3. The van der Waals surface area contributed by atoms with Crippen LogP contribution in [-0.2, 0) is 6.54 Å². The van der Waals surface area contributed by atoms with Crippen molar-refractivity contribution in [1.82, 2.24) is 9.55 Å². The molecule has 0 bridgehead atoms. The van der Waals surface area contributed by atoms with E-state index in [1.807, 2.05) is 31.2 Å². The van der Waals surface area contributed by atoms with Gasteiger partial charge in [-0.2, -0.15) is 0 Å². The lowest BCUT2D eigenvalue weighted by atomic mass is 10.0. The molecule has 25 heavy (non-hydrogen) atoms. The van der Waals surface area contributed by atoms with E-state index in [9.17, 15) is 9.59 Å². The van der Waals surface area contributed by atoms with Crippen LogP contribution >= 0.6 is 0 Å². The summed E-state index contributed by atoms with van der Waals surface area (Å²) in [5.74, 6) is -0.400. The summed E-state index contributed by atoms with van der Waals surface area (Å²) in [5.41, 5.74) is 3.68. The summed E-state index contributed by atoms with van der Waals surface area (Å²) >= 11 is 0. The third-order valence-electron chi connectivity index (χ3n) is 4.61. The van der Waals surface area contributed by atoms with Crippen LogP contribution in [-0.4, -0.2) is 20.6 Å². The maximum Gasteiger partial charge on any atom is 0.335 e. The molecule has 0 unspecified atom stereocenters. The van der Waals surface area contributed by atoms with Gasteiger partial charge in [0.05, 0.1) is 16.5 Å². The number of fused-ring (bicyclic) bond motifs is 2. The standard InChI is InChI=1S/C20H16N2O3/c1-12-4-2-3-5-13(12)10-14-8-9-22-18(14)21-17-11-15(20(24)25)6-7-16(17)19(22)23/h2-7,10-11H,8-9H2,1H3,(H,24,25)/b14-10+. The first-order valence-corrected chi connectivity index (χ1v) is 8.09. The van der Waals surface area contributed by atoms with Crippen molar-refractivity contribution in [3.05, 3.63) is 75.3 Å². The summed E-state index contributed by atoms with van der Waals surface area (Å²) in [6.45, 7) is 2.64. The number of aryl methyl sites for hydroxylation is 1. The Hall–Kier alpha value is -3.21. The van der Waals surface area contributed by atoms with Crippen LogP contribution in [0.2, 0.25) is 0 Å². The van der Waals surface area contributed by atoms with Crippen LogP contribution in [0.3, 0.4) is 0 Å². The van der Waals surface area contributed by atoms with Crippen molar-refractivity contribution in [1.29, 1.82) is 0 Å². The van der Waals surface area contributed by atoms with Crippen LogP contribution in [0.5, 0.6) is 0 Å². The van der Waals surface area contributed by atoms with Crippen LogP contribution in [0.25, 0.3) is 22.6 Å². The fraction of sp³-hybridized carbons (Fsp3) is 0.150. The van der Waals surface area contributed by atoms with Gasteiger partial charge in [-0.25, -0.2) is 9.78 Å². The molecule has 4 rings (SSSR count). The van der Waals surface area contributed by atoms with Gasteiger partial charge in [-0.3, -0.25) is 9.36 Å². The third-order valence-corrected chi connectivity index (χ3v) is 4.61. The number of allylic oxidation sites excluding steroid dienone is 1. The Morgan fingerprint density at radius 2 is 2.04 bits per heavy atom. The van der Waals surface area contributed by atoms with E-state index in [-0.39, 0.29) is 11.1 Å². The van der Waals surface area contributed by atoms with E-state index in [4.69, 9.17) is 5.11 Å². The molecule has 1 aliphatic rings. The molecule has 0 amide bonds. The molecular weight excluding hydrogens is 316 g/mol. The molecule has 3 aromatic rings. The highest BCUT2D eigenvalue weighted by Crippen LogP contribution is 2.28. The summed E-state index contributed by atoms with van der Waals surface area (Å²) in [4.78, 5) is 28.5. The molecule has 0 atom stereocenters. The molecule has 1 aliphatic heterocycles. The first kappa shape index (κ1) is 15.3. The van der Waals surface area contributed by atoms with Gasteiger partial charge in [0.1, 0.15) is 5.82 Å². The highest BCUT2D eigenvalue weighted by molar-refractivity contribution is 5.93. The Bertz CT molecular complexity index is 1110. The molecule has 0 fully saturated rings. The van der Waals surface area contributed by atoms with Gasteiger partial charge >= 0.3 is 5.97 Å². The van der Waals surface area contributed by atoms with Crippen LogP contribution in [0.4, 0.5) is 0 Å². The molecule has 5 heteroatoms. The van der Waals surface area contributed by atoms with Gasteiger partial charge in [0, 0.05) is 6.54 Å². The van der Waals surface area contributed by atoms with Gasteiger partial charge in [-0.05, 0) is 54.3 Å². The molecule has 1 aromatic heterocycles. The second-order valence-electron chi connectivity index (χ2n) is 6.21. The topological polar surface area (TPSA) is 72.2 Å². The Morgan fingerprint density at radius 1 is 1.24 bits per heavy atom. The molecule has 2 heterocycles. The summed E-state index contributed by atoms with van der Waals surface area (Å²) in [5, 5.41) is 9.61. The van der Waals surface area contributed by atoms with Crippen molar-refractivity contribution in [3.8, 4) is 0 Å². The SMILES string of the molecule is Cc1ccccc1/C=C1\CCn2c1nc1cc(C(=O)O)ccc1c2=O. The number of aromatic nitrogens is 2. The van der Waals surface area contributed by atoms with E-state index in [0.29, 0.717) is 23.3 Å². The Kier molecular flexibility index (Phi) is 3.50. The zero-order valence-electron chi connectivity index (χ0n) is 13.7. The van der Waals surface area contributed by atoms with Crippen molar-refractivity contribution >= 4 is 28.5 Å². The van der Waals surface area contributed by atoms with Crippen molar-refractivity contribution in [3.63, 3.8) is 0 Å². The third kappa shape index (κ3) is 2.54. The Morgan fingerprint density at radius 3 is 2.80 bits per heavy atom. The minimum absolute atomic E-state index is 0.120. The lowest BCUT2D eigenvalue weighted by Gasteiger charge is -2.07. The average Bonchev–Trinajstić information content (AvgIpc) is 3.00. The average molecular weight is 332 g/mol. The molecule has 124 valence electrons. The molecular formula is C20H16N2O3. The minimum Gasteiger partial charge on any atom is -0.478 e. The molecule has 0 saturated heterocycles. The fourth-order valence-electron chi connectivity index (χ4n) is 3.22. The van der Waals surface area contributed by atoms with E-state index >= 15 is 0 Å². The summed E-state index contributed by atoms with van der Waals surface area (Å²) in [6.07, 6.45) is 2.80. The van der Waals surface area contributed by atoms with Gasteiger partial charge in [0.15, 0.2) is 0 Å². The van der Waals surface area contributed by atoms with E-state index in [0.717, 1.165) is 23.1 Å². The highest BCUT2D eigenvalue weighted by Gasteiger charge is 2.21. The van der Waals surface area contributed by atoms with Gasteiger partial charge in [-0.1, -0.05) is 24.3 Å². The molecule has 5 nitrogen and oxygen atoms in total. The molecule has 0 aliphatic carbocycles. The zero-order chi connectivity index (χ0) is 17.6. The predicted molar refractivity (Wildman–Crippen MR) is 96.6 cm³/mol. The second-order valence-corrected chi connectivity index (χ2v) is 6.21. The molecule has 0 spiro atoms. The number of aromatic carboxylic acids is 1.